The number of benzene rings is 1. The molecule has 8 nitrogen and oxygen atoms in total. The molecule has 0 spiro atoms. The number of hydrogen-bond donors (Lipinski definition) is 2. The Labute approximate surface area is 190 Å². The number of likely N-dealkylation sites (tertiary alicyclic amines) is 1. The fraction of sp³-hybridized carbons (Fsp3) is 0.625. The molecule has 4 atom stereocenters. The minimum absolute atomic E-state index is 0.0588. The Kier molecular flexibility index (Phi) is 7.77. The highest BCUT2D eigenvalue weighted by atomic mass is 16.5. The number of amides is 2. The van der Waals surface area contributed by atoms with E-state index in [1.807, 2.05) is 30.3 Å². The Morgan fingerprint density at radius 1 is 1.12 bits per heavy atom. The third-order valence-electron chi connectivity index (χ3n) is 6.10. The molecule has 2 N–H and O–H groups in total. The fourth-order valence-electron chi connectivity index (χ4n) is 4.75. The van der Waals surface area contributed by atoms with Gasteiger partial charge in [-0.1, -0.05) is 30.3 Å². The third-order valence-corrected chi connectivity index (χ3v) is 6.10. The molecule has 1 aliphatic heterocycles. The lowest BCUT2D eigenvalue weighted by Gasteiger charge is -2.41. The number of esters is 1. The summed E-state index contributed by atoms with van der Waals surface area (Å²) in [5, 5.41) is 6.25. The third kappa shape index (κ3) is 6.22. The van der Waals surface area contributed by atoms with E-state index in [-0.39, 0.29) is 42.0 Å². The maximum Gasteiger partial charge on any atom is 0.408 e. The van der Waals surface area contributed by atoms with Crippen molar-refractivity contribution in [3.05, 3.63) is 35.9 Å². The summed E-state index contributed by atoms with van der Waals surface area (Å²) in [4.78, 5) is 39.6. The second-order valence-corrected chi connectivity index (χ2v) is 9.68. The number of nitrogens with one attached hydrogen (secondary N) is 2. The number of carbonyl (C=O) groups is 3. The van der Waals surface area contributed by atoms with E-state index in [9.17, 15) is 14.4 Å². The minimum atomic E-state index is -0.637. The average molecular weight is 446 g/mol. The van der Waals surface area contributed by atoms with Crippen molar-refractivity contribution in [1.82, 2.24) is 15.5 Å². The van der Waals surface area contributed by atoms with Gasteiger partial charge in [0.25, 0.3) is 0 Å². The van der Waals surface area contributed by atoms with Crippen molar-refractivity contribution in [2.45, 2.75) is 76.7 Å². The molecule has 176 valence electrons. The molecule has 2 aliphatic rings. The second kappa shape index (κ2) is 10.3. The van der Waals surface area contributed by atoms with E-state index in [1.165, 1.54) is 7.11 Å². The Morgan fingerprint density at radius 3 is 2.50 bits per heavy atom. The summed E-state index contributed by atoms with van der Waals surface area (Å²) in [6.45, 7) is 6.95. The van der Waals surface area contributed by atoms with Crippen molar-refractivity contribution >= 4 is 18.0 Å². The number of rotatable bonds is 6. The van der Waals surface area contributed by atoms with Gasteiger partial charge in [-0.15, -0.1) is 0 Å². The van der Waals surface area contributed by atoms with Gasteiger partial charge in [0.1, 0.15) is 12.6 Å². The highest BCUT2D eigenvalue weighted by Gasteiger charge is 2.45. The van der Waals surface area contributed by atoms with Gasteiger partial charge in [0.2, 0.25) is 5.91 Å². The normalized spacial score (nSPS) is 26.0. The lowest BCUT2D eigenvalue weighted by molar-refractivity contribution is -0.151. The summed E-state index contributed by atoms with van der Waals surface area (Å²) in [5.41, 5.74) is 0.820. The Balaban J connectivity index is 1.58. The number of nitrogens with zero attached hydrogens (tertiary/aromatic N) is 1. The van der Waals surface area contributed by atoms with Crippen LogP contribution < -0.4 is 10.6 Å². The summed E-state index contributed by atoms with van der Waals surface area (Å²) in [6, 6.07) is 8.71. The van der Waals surface area contributed by atoms with Crippen LogP contribution in [0.5, 0.6) is 0 Å². The van der Waals surface area contributed by atoms with Crippen LogP contribution in [0.15, 0.2) is 30.3 Å². The number of hydrogen-bond acceptors (Lipinski definition) is 6. The zero-order valence-electron chi connectivity index (χ0n) is 19.4. The summed E-state index contributed by atoms with van der Waals surface area (Å²) < 4.78 is 10.3. The molecule has 0 radical (unpaired) electrons. The first-order chi connectivity index (χ1) is 15.2. The summed E-state index contributed by atoms with van der Waals surface area (Å²) in [6.07, 6.45) is 2.08. The number of carbonyl (C=O) groups excluding carboxylic acids is 3. The SMILES string of the molecule is COC(=O)[C@@H]1C[C@@H](NC(C)(C)C)CC[C@@H]1N1CCC(NC(=O)OCc2ccccc2)C1=O. The summed E-state index contributed by atoms with van der Waals surface area (Å²) in [5.74, 6) is -0.842. The van der Waals surface area contributed by atoms with E-state index in [0.29, 0.717) is 25.8 Å². The molecule has 1 aromatic rings. The highest BCUT2D eigenvalue weighted by molar-refractivity contribution is 5.88. The topological polar surface area (TPSA) is 97.0 Å². The molecule has 1 heterocycles. The van der Waals surface area contributed by atoms with Crippen LogP contribution in [-0.2, 0) is 25.7 Å². The van der Waals surface area contributed by atoms with Crippen molar-refractivity contribution in [2.24, 2.45) is 5.92 Å². The lowest BCUT2D eigenvalue weighted by Crippen LogP contribution is -2.55. The molecule has 8 heteroatoms. The van der Waals surface area contributed by atoms with E-state index in [2.05, 4.69) is 31.4 Å². The zero-order chi connectivity index (χ0) is 23.3. The molecule has 32 heavy (non-hydrogen) atoms. The van der Waals surface area contributed by atoms with Crippen LogP contribution >= 0.6 is 0 Å². The van der Waals surface area contributed by atoms with Crippen molar-refractivity contribution < 1.29 is 23.9 Å². The molecular weight excluding hydrogens is 410 g/mol. The molecule has 1 aromatic carbocycles. The van der Waals surface area contributed by atoms with Gasteiger partial charge in [0.05, 0.1) is 13.0 Å². The molecule has 0 aromatic heterocycles. The first-order valence-corrected chi connectivity index (χ1v) is 11.3. The zero-order valence-corrected chi connectivity index (χ0v) is 19.4. The molecule has 0 bridgehead atoms. The standard InChI is InChI=1S/C24H35N3O5/c1-24(2,3)26-17-10-11-20(18(14-17)22(29)31-4)27-13-12-19(21(27)28)25-23(30)32-15-16-8-6-5-7-9-16/h5-9,17-20,26H,10-15H2,1-4H3,(H,25,30)/t17-,18+,19?,20-/m0/s1. The molecule has 1 saturated heterocycles. The van der Waals surface area contributed by atoms with E-state index < -0.39 is 12.1 Å². The highest BCUT2D eigenvalue weighted by Crippen LogP contribution is 2.33. The predicted octanol–water partition coefficient (Wildman–Crippen LogP) is 2.61. The van der Waals surface area contributed by atoms with Gasteiger partial charge in [-0.2, -0.15) is 0 Å². The van der Waals surface area contributed by atoms with Crippen molar-refractivity contribution in [1.29, 1.82) is 0 Å². The minimum Gasteiger partial charge on any atom is -0.469 e. The smallest absolute Gasteiger partial charge is 0.408 e. The van der Waals surface area contributed by atoms with Crippen LogP contribution in [0.3, 0.4) is 0 Å². The second-order valence-electron chi connectivity index (χ2n) is 9.68. The maximum atomic E-state index is 13.1. The first-order valence-electron chi connectivity index (χ1n) is 11.3. The molecule has 2 fully saturated rings. The van der Waals surface area contributed by atoms with Gasteiger partial charge in [0.15, 0.2) is 0 Å². The van der Waals surface area contributed by atoms with Gasteiger partial charge >= 0.3 is 12.1 Å². The van der Waals surface area contributed by atoms with Crippen LogP contribution in [0, 0.1) is 5.92 Å². The van der Waals surface area contributed by atoms with Gasteiger partial charge in [-0.05, 0) is 52.0 Å². The Morgan fingerprint density at radius 2 is 1.84 bits per heavy atom. The first kappa shape index (κ1) is 24.0. The summed E-state index contributed by atoms with van der Waals surface area (Å²) >= 11 is 0. The predicted molar refractivity (Wildman–Crippen MR) is 120 cm³/mol. The molecule has 1 aliphatic carbocycles. The van der Waals surface area contributed by atoms with E-state index in [1.54, 1.807) is 4.90 Å². The van der Waals surface area contributed by atoms with E-state index in [4.69, 9.17) is 9.47 Å². The van der Waals surface area contributed by atoms with Gasteiger partial charge < -0.3 is 25.0 Å². The molecule has 3 rings (SSSR count). The number of alkyl carbamates (subject to hydrolysis) is 1. The van der Waals surface area contributed by atoms with Gasteiger partial charge in [0, 0.05) is 24.2 Å². The number of ether oxygens (including phenoxy) is 2. The van der Waals surface area contributed by atoms with Crippen molar-refractivity contribution in [3.63, 3.8) is 0 Å². The van der Waals surface area contributed by atoms with Crippen LogP contribution in [0.25, 0.3) is 0 Å². The Bertz CT molecular complexity index is 808. The van der Waals surface area contributed by atoms with Crippen LogP contribution in [0.4, 0.5) is 4.79 Å². The maximum absolute atomic E-state index is 13.1. The quantitative estimate of drug-likeness (QED) is 0.654. The van der Waals surface area contributed by atoms with Gasteiger partial charge in [-0.3, -0.25) is 9.59 Å². The fourth-order valence-corrected chi connectivity index (χ4v) is 4.75. The van der Waals surface area contributed by atoms with Crippen molar-refractivity contribution in [3.8, 4) is 0 Å². The molecule has 1 unspecified atom stereocenters. The molecule has 2 amide bonds. The van der Waals surface area contributed by atoms with Crippen LogP contribution in [-0.4, -0.2) is 60.2 Å². The monoisotopic (exact) mass is 445 g/mol. The molecular formula is C24H35N3O5. The van der Waals surface area contributed by atoms with Crippen LogP contribution in [0.2, 0.25) is 0 Å². The molecule has 1 saturated carbocycles. The van der Waals surface area contributed by atoms with E-state index in [0.717, 1.165) is 12.0 Å². The van der Waals surface area contributed by atoms with Crippen LogP contribution in [0.1, 0.15) is 52.0 Å². The van der Waals surface area contributed by atoms with Gasteiger partial charge in [-0.25, -0.2) is 4.79 Å². The lowest BCUT2D eigenvalue weighted by atomic mass is 9.80. The number of methoxy groups -OCH3 is 1. The average Bonchev–Trinajstić information content (AvgIpc) is 3.11. The van der Waals surface area contributed by atoms with Crippen molar-refractivity contribution in [2.75, 3.05) is 13.7 Å². The largest absolute Gasteiger partial charge is 0.469 e. The summed E-state index contributed by atoms with van der Waals surface area (Å²) in [7, 11) is 1.39. The van der Waals surface area contributed by atoms with E-state index >= 15 is 0 Å². The Hall–Kier alpha value is -2.61.